The molecule has 0 spiro atoms. The summed E-state index contributed by atoms with van der Waals surface area (Å²) in [4.78, 5) is 0. The summed E-state index contributed by atoms with van der Waals surface area (Å²) in [6.45, 7) is 4.30. The number of para-hydroxylation sites is 1. The monoisotopic (exact) mass is 564 g/mol. The third-order valence-electron chi connectivity index (χ3n) is 9.12. The van der Waals surface area contributed by atoms with Crippen LogP contribution in [-0.4, -0.2) is 9.78 Å². The summed E-state index contributed by atoms with van der Waals surface area (Å²) >= 11 is 0. The standard InChI is InChI=1S/C41H28N2O/c1-25-38(26(2)43(42-25)29-13-4-3-5-14-29)41-33-18-10-8-16-31(33)39(32-17-9-11-19-34(32)41)28-20-22-35-37(24-28)44-36-23-21-27-12-6-7-15-30(27)40(35)36/h3-24H,1-2H3. The molecule has 0 unspecified atom stereocenters. The third kappa shape index (κ3) is 3.53. The number of benzene rings is 7. The molecule has 0 saturated carbocycles. The van der Waals surface area contributed by atoms with E-state index in [0.29, 0.717) is 0 Å². The Morgan fingerprint density at radius 3 is 1.82 bits per heavy atom. The van der Waals surface area contributed by atoms with Crippen molar-refractivity contribution in [2.24, 2.45) is 0 Å². The first-order chi connectivity index (χ1) is 21.7. The Morgan fingerprint density at radius 1 is 0.500 bits per heavy atom. The fourth-order valence-corrected chi connectivity index (χ4v) is 7.24. The van der Waals surface area contributed by atoms with Crippen LogP contribution in [0.25, 0.3) is 82.2 Å². The van der Waals surface area contributed by atoms with Crippen molar-refractivity contribution in [3.63, 3.8) is 0 Å². The van der Waals surface area contributed by atoms with Gasteiger partial charge in [0, 0.05) is 27.6 Å². The predicted molar refractivity (Wildman–Crippen MR) is 184 cm³/mol. The Bertz CT molecular complexity index is 2510. The van der Waals surface area contributed by atoms with Crippen molar-refractivity contribution >= 4 is 54.3 Å². The Morgan fingerprint density at radius 2 is 1.11 bits per heavy atom. The van der Waals surface area contributed by atoms with Crippen molar-refractivity contribution < 1.29 is 4.42 Å². The van der Waals surface area contributed by atoms with Crippen LogP contribution in [0.4, 0.5) is 0 Å². The lowest BCUT2D eigenvalue weighted by molar-refractivity contribution is 0.669. The highest BCUT2D eigenvalue weighted by atomic mass is 16.3. The third-order valence-corrected chi connectivity index (χ3v) is 9.12. The lowest BCUT2D eigenvalue weighted by Crippen LogP contribution is -1.98. The predicted octanol–water partition coefficient (Wildman–Crippen LogP) is 11.2. The molecule has 9 aromatic rings. The maximum atomic E-state index is 6.51. The Balaban J connectivity index is 1.34. The first kappa shape index (κ1) is 24.9. The van der Waals surface area contributed by atoms with Gasteiger partial charge in [-0.25, -0.2) is 4.68 Å². The average molecular weight is 565 g/mol. The van der Waals surface area contributed by atoms with Crippen LogP contribution in [0.15, 0.2) is 138 Å². The highest BCUT2D eigenvalue weighted by Gasteiger charge is 2.22. The number of fused-ring (bicyclic) bond motifs is 7. The Hall–Kier alpha value is -5.67. The van der Waals surface area contributed by atoms with Gasteiger partial charge in [-0.15, -0.1) is 0 Å². The number of rotatable bonds is 3. The quantitative estimate of drug-likeness (QED) is 0.200. The van der Waals surface area contributed by atoms with Gasteiger partial charge in [0.15, 0.2) is 0 Å². The smallest absolute Gasteiger partial charge is 0.136 e. The second-order valence-electron chi connectivity index (χ2n) is 11.6. The first-order valence-electron chi connectivity index (χ1n) is 15.1. The molecule has 3 heteroatoms. The molecule has 0 atom stereocenters. The van der Waals surface area contributed by atoms with Crippen LogP contribution < -0.4 is 0 Å². The molecule has 0 aliphatic carbocycles. The van der Waals surface area contributed by atoms with E-state index in [1.54, 1.807) is 0 Å². The minimum Gasteiger partial charge on any atom is -0.456 e. The summed E-state index contributed by atoms with van der Waals surface area (Å²) in [7, 11) is 0. The highest BCUT2D eigenvalue weighted by molar-refractivity contribution is 6.23. The van der Waals surface area contributed by atoms with Crippen molar-refractivity contribution in [1.29, 1.82) is 0 Å². The van der Waals surface area contributed by atoms with Crippen LogP contribution in [-0.2, 0) is 0 Å². The van der Waals surface area contributed by atoms with Gasteiger partial charge < -0.3 is 4.42 Å². The van der Waals surface area contributed by atoms with Gasteiger partial charge in [-0.3, -0.25) is 0 Å². The molecular formula is C41H28N2O. The summed E-state index contributed by atoms with van der Waals surface area (Å²) in [5.74, 6) is 0. The van der Waals surface area contributed by atoms with E-state index < -0.39 is 0 Å². The zero-order valence-electron chi connectivity index (χ0n) is 24.5. The molecule has 44 heavy (non-hydrogen) atoms. The maximum absolute atomic E-state index is 6.51. The molecule has 0 aliphatic heterocycles. The van der Waals surface area contributed by atoms with Gasteiger partial charge in [0.2, 0.25) is 0 Å². The van der Waals surface area contributed by atoms with Crippen LogP contribution in [0.5, 0.6) is 0 Å². The summed E-state index contributed by atoms with van der Waals surface area (Å²) in [6.07, 6.45) is 0. The minimum absolute atomic E-state index is 0.905. The van der Waals surface area contributed by atoms with Crippen LogP contribution in [0.3, 0.4) is 0 Å². The van der Waals surface area contributed by atoms with E-state index in [0.717, 1.165) is 39.2 Å². The fraction of sp³-hybridized carbons (Fsp3) is 0.0488. The second kappa shape index (κ2) is 9.42. The molecule has 0 amide bonds. The van der Waals surface area contributed by atoms with E-state index in [9.17, 15) is 0 Å². The molecule has 7 aromatic carbocycles. The molecule has 0 saturated heterocycles. The van der Waals surface area contributed by atoms with Gasteiger partial charge in [-0.05, 0) is 87.6 Å². The van der Waals surface area contributed by atoms with Gasteiger partial charge in [0.05, 0.1) is 11.4 Å². The van der Waals surface area contributed by atoms with Gasteiger partial charge in [-0.2, -0.15) is 5.10 Å². The summed E-state index contributed by atoms with van der Waals surface area (Å²) in [6, 6.07) is 47.5. The summed E-state index contributed by atoms with van der Waals surface area (Å²) < 4.78 is 8.58. The average Bonchev–Trinajstić information content (AvgIpc) is 3.59. The van der Waals surface area contributed by atoms with Gasteiger partial charge in [0.25, 0.3) is 0 Å². The Kier molecular flexibility index (Phi) is 5.33. The number of hydrogen-bond donors (Lipinski definition) is 0. The zero-order valence-corrected chi connectivity index (χ0v) is 24.5. The van der Waals surface area contributed by atoms with E-state index in [4.69, 9.17) is 9.52 Å². The molecule has 0 fully saturated rings. The van der Waals surface area contributed by atoms with E-state index in [1.165, 1.54) is 54.4 Å². The molecule has 2 aromatic heterocycles. The van der Waals surface area contributed by atoms with E-state index in [2.05, 4.69) is 146 Å². The van der Waals surface area contributed by atoms with Crippen molar-refractivity contribution in [2.75, 3.05) is 0 Å². The Labute approximate surface area is 254 Å². The van der Waals surface area contributed by atoms with Crippen LogP contribution in [0.1, 0.15) is 11.4 Å². The van der Waals surface area contributed by atoms with Crippen LogP contribution in [0.2, 0.25) is 0 Å². The molecule has 2 heterocycles. The molecule has 208 valence electrons. The van der Waals surface area contributed by atoms with E-state index in [-0.39, 0.29) is 0 Å². The first-order valence-corrected chi connectivity index (χ1v) is 15.1. The lowest BCUT2D eigenvalue weighted by Gasteiger charge is -2.18. The van der Waals surface area contributed by atoms with Gasteiger partial charge in [-0.1, -0.05) is 103 Å². The maximum Gasteiger partial charge on any atom is 0.136 e. The molecule has 0 N–H and O–H groups in total. The number of hydrogen-bond acceptors (Lipinski definition) is 2. The summed E-state index contributed by atoms with van der Waals surface area (Å²) in [5.41, 5.74) is 9.82. The van der Waals surface area contributed by atoms with Crippen molar-refractivity contribution in [3.05, 3.63) is 145 Å². The molecule has 0 aliphatic rings. The normalized spacial score (nSPS) is 11.9. The van der Waals surface area contributed by atoms with Crippen molar-refractivity contribution in [1.82, 2.24) is 9.78 Å². The lowest BCUT2D eigenvalue weighted by atomic mass is 9.85. The molecule has 0 bridgehead atoms. The highest BCUT2D eigenvalue weighted by Crippen LogP contribution is 2.46. The van der Waals surface area contributed by atoms with E-state index in [1.807, 2.05) is 6.07 Å². The number of nitrogens with zero attached hydrogens (tertiary/aromatic N) is 2. The molecule has 9 rings (SSSR count). The number of aromatic nitrogens is 2. The SMILES string of the molecule is Cc1nn(-c2ccccc2)c(C)c1-c1c2ccccc2c(-c2ccc3c(c2)oc2ccc4ccccc4c23)c2ccccc12. The summed E-state index contributed by atoms with van der Waals surface area (Å²) in [5, 5.41) is 14.7. The molecule has 0 radical (unpaired) electrons. The largest absolute Gasteiger partial charge is 0.456 e. The minimum atomic E-state index is 0.905. The number of aryl methyl sites for hydroxylation is 1. The molecular weight excluding hydrogens is 536 g/mol. The van der Waals surface area contributed by atoms with Crippen LogP contribution >= 0.6 is 0 Å². The zero-order chi connectivity index (χ0) is 29.4. The fourth-order valence-electron chi connectivity index (χ4n) is 7.24. The molecule has 3 nitrogen and oxygen atoms in total. The van der Waals surface area contributed by atoms with E-state index >= 15 is 0 Å². The van der Waals surface area contributed by atoms with Crippen molar-refractivity contribution in [3.8, 4) is 27.9 Å². The van der Waals surface area contributed by atoms with Gasteiger partial charge in [0.1, 0.15) is 11.2 Å². The van der Waals surface area contributed by atoms with Gasteiger partial charge >= 0.3 is 0 Å². The van der Waals surface area contributed by atoms with Crippen LogP contribution in [0, 0.1) is 13.8 Å². The number of furan rings is 1. The second-order valence-corrected chi connectivity index (χ2v) is 11.6. The van der Waals surface area contributed by atoms with Crippen molar-refractivity contribution in [2.45, 2.75) is 13.8 Å². The topological polar surface area (TPSA) is 31.0 Å².